The summed E-state index contributed by atoms with van der Waals surface area (Å²) < 4.78 is 5.10. The van der Waals surface area contributed by atoms with Crippen molar-refractivity contribution in [2.75, 3.05) is 13.7 Å². The van der Waals surface area contributed by atoms with Crippen molar-refractivity contribution >= 4 is 0 Å². The van der Waals surface area contributed by atoms with Crippen molar-refractivity contribution in [3.05, 3.63) is 23.8 Å². The van der Waals surface area contributed by atoms with Gasteiger partial charge < -0.3 is 20.3 Å². The summed E-state index contributed by atoms with van der Waals surface area (Å²) >= 11 is 0. The van der Waals surface area contributed by atoms with Crippen molar-refractivity contribution in [2.45, 2.75) is 38.3 Å². The van der Waals surface area contributed by atoms with Crippen LogP contribution in [0.2, 0.25) is 0 Å². The molecule has 2 unspecified atom stereocenters. The fourth-order valence-corrected chi connectivity index (χ4v) is 2.78. The molecule has 4 nitrogen and oxygen atoms in total. The molecule has 1 aliphatic carbocycles. The molecule has 2 atom stereocenters. The molecule has 19 heavy (non-hydrogen) atoms. The lowest BCUT2D eigenvalue weighted by atomic mass is 9.85. The van der Waals surface area contributed by atoms with Gasteiger partial charge in [-0.1, -0.05) is 18.9 Å². The molecule has 1 aromatic rings. The number of nitrogens with one attached hydrogen (secondary N) is 1. The van der Waals surface area contributed by atoms with E-state index in [1.165, 1.54) is 12.8 Å². The van der Waals surface area contributed by atoms with Crippen molar-refractivity contribution in [2.24, 2.45) is 5.92 Å². The molecule has 0 saturated heterocycles. The second-order valence-corrected chi connectivity index (χ2v) is 5.22. The molecule has 106 valence electrons. The first kappa shape index (κ1) is 14.2. The molecule has 0 spiro atoms. The summed E-state index contributed by atoms with van der Waals surface area (Å²) in [6.07, 6.45) is 4.68. The van der Waals surface area contributed by atoms with Gasteiger partial charge in [-0.15, -0.1) is 0 Å². The van der Waals surface area contributed by atoms with Gasteiger partial charge in [0.2, 0.25) is 0 Å². The van der Waals surface area contributed by atoms with Gasteiger partial charge in [-0.05, 0) is 36.5 Å². The Kier molecular flexibility index (Phi) is 5.05. The Labute approximate surface area is 114 Å². The van der Waals surface area contributed by atoms with Gasteiger partial charge in [-0.25, -0.2) is 0 Å². The van der Waals surface area contributed by atoms with E-state index >= 15 is 0 Å². The molecule has 0 heterocycles. The molecule has 3 N–H and O–H groups in total. The summed E-state index contributed by atoms with van der Waals surface area (Å²) in [5, 5.41) is 22.5. The molecule has 0 aliphatic heterocycles. The Morgan fingerprint density at radius 2 is 2.11 bits per heavy atom. The van der Waals surface area contributed by atoms with Gasteiger partial charge in [0, 0.05) is 19.2 Å². The largest absolute Gasteiger partial charge is 0.504 e. The summed E-state index contributed by atoms with van der Waals surface area (Å²) in [4.78, 5) is 0. The van der Waals surface area contributed by atoms with Gasteiger partial charge in [-0.3, -0.25) is 0 Å². The van der Waals surface area contributed by atoms with Crippen LogP contribution in [0.25, 0.3) is 0 Å². The van der Waals surface area contributed by atoms with Crippen LogP contribution >= 0.6 is 0 Å². The van der Waals surface area contributed by atoms with E-state index in [0.29, 0.717) is 17.7 Å². The number of phenolic OH excluding ortho intramolecular Hbond substituents is 1. The lowest BCUT2D eigenvalue weighted by molar-refractivity contribution is 0.152. The number of methoxy groups -OCH3 is 1. The third-order valence-corrected chi connectivity index (χ3v) is 3.96. The lowest BCUT2D eigenvalue weighted by Crippen LogP contribution is -2.39. The minimum absolute atomic E-state index is 0.164. The third kappa shape index (κ3) is 3.61. The van der Waals surface area contributed by atoms with Crippen LogP contribution in [0.4, 0.5) is 0 Å². The first-order chi connectivity index (χ1) is 9.24. The second-order valence-electron chi connectivity index (χ2n) is 5.22. The number of hydrogen-bond donors (Lipinski definition) is 3. The lowest BCUT2D eigenvalue weighted by Gasteiger charge is -2.31. The number of aliphatic hydroxyl groups excluding tert-OH is 1. The zero-order valence-electron chi connectivity index (χ0n) is 11.4. The van der Waals surface area contributed by atoms with E-state index in [1.54, 1.807) is 13.2 Å². The number of benzene rings is 1. The highest BCUT2D eigenvalue weighted by Gasteiger charge is 2.23. The van der Waals surface area contributed by atoms with Crippen LogP contribution in [-0.4, -0.2) is 30.0 Å². The summed E-state index contributed by atoms with van der Waals surface area (Å²) in [7, 11) is 1.55. The third-order valence-electron chi connectivity index (χ3n) is 3.96. The van der Waals surface area contributed by atoms with Crippen molar-refractivity contribution in [3.8, 4) is 11.5 Å². The Morgan fingerprint density at radius 3 is 2.84 bits per heavy atom. The Morgan fingerprint density at radius 1 is 1.32 bits per heavy atom. The van der Waals surface area contributed by atoms with E-state index in [2.05, 4.69) is 5.32 Å². The maximum Gasteiger partial charge on any atom is 0.160 e. The minimum atomic E-state index is 0.164. The fraction of sp³-hybridized carbons (Fsp3) is 0.600. The summed E-state index contributed by atoms with van der Waals surface area (Å²) in [5.74, 6) is 1.03. The molecule has 4 heteroatoms. The first-order valence-electron chi connectivity index (χ1n) is 6.94. The zero-order valence-corrected chi connectivity index (χ0v) is 11.4. The highest BCUT2D eigenvalue weighted by atomic mass is 16.5. The van der Waals surface area contributed by atoms with E-state index < -0.39 is 0 Å². The average Bonchev–Trinajstić information content (AvgIpc) is 2.46. The molecular formula is C15H23NO3. The molecular weight excluding hydrogens is 242 g/mol. The Hall–Kier alpha value is -1.26. The summed E-state index contributed by atoms with van der Waals surface area (Å²) in [6.45, 7) is 0.994. The van der Waals surface area contributed by atoms with E-state index in [1.807, 2.05) is 12.1 Å². The van der Waals surface area contributed by atoms with Crippen LogP contribution in [0.1, 0.15) is 31.2 Å². The standard InChI is InChI=1S/C15H23NO3/c1-19-15-8-11(6-7-14(15)18)9-16-13-5-3-2-4-12(13)10-17/h6-8,12-13,16-18H,2-5,9-10H2,1H3. The number of phenols is 1. The molecule has 0 bridgehead atoms. The van der Waals surface area contributed by atoms with Crippen molar-refractivity contribution in [1.29, 1.82) is 0 Å². The van der Waals surface area contributed by atoms with E-state index in [9.17, 15) is 10.2 Å². The number of aliphatic hydroxyl groups is 1. The predicted molar refractivity (Wildman–Crippen MR) is 74.3 cm³/mol. The summed E-state index contributed by atoms with van der Waals surface area (Å²) in [5.41, 5.74) is 1.08. The average molecular weight is 265 g/mol. The molecule has 0 aromatic heterocycles. The van der Waals surface area contributed by atoms with E-state index in [-0.39, 0.29) is 12.4 Å². The molecule has 1 aliphatic rings. The molecule has 2 rings (SSSR count). The van der Waals surface area contributed by atoms with Gasteiger partial charge in [0.05, 0.1) is 7.11 Å². The quantitative estimate of drug-likeness (QED) is 0.762. The first-order valence-corrected chi connectivity index (χ1v) is 6.94. The fourth-order valence-electron chi connectivity index (χ4n) is 2.78. The van der Waals surface area contributed by atoms with Crippen LogP contribution < -0.4 is 10.1 Å². The van der Waals surface area contributed by atoms with Crippen molar-refractivity contribution in [1.82, 2.24) is 5.32 Å². The molecule has 1 aromatic carbocycles. The molecule has 0 amide bonds. The van der Waals surface area contributed by atoms with E-state index in [0.717, 1.165) is 24.9 Å². The zero-order chi connectivity index (χ0) is 13.7. The van der Waals surface area contributed by atoms with Crippen LogP contribution in [-0.2, 0) is 6.54 Å². The maximum atomic E-state index is 9.55. The Balaban J connectivity index is 1.94. The smallest absolute Gasteiger partial charge is 0.160 e. The van der Waals surface area contributed by atoms with Gasteiger partial charge in [0.1, 0.15) is 0 Å². The SMILES string of the molecule is COc1cc(CNC2CCCCC2CO)ccc1O. The number of hydrogen-bond acceptors (Lipinski definition) is 4. The number of aromatic hydroxyl groups is 1. The number of ether oxygens (including phenoxy) is 1. The van der Waals surface area contributed by atoms with Crippen LogP contribution in [0.15, 0.2) is 18.2 Å². The normalized spacial score (nSPS) is 23.3. The summed E-state index contributed by atoms with van der Waals surface area (Å²) in [6, 6.07) is 5.78. The predicted octanol–water partition coefficient (Wildman–Crippen LogP) is 2.04. The minimum Gasteiger partial charge on any atom is -0.504 e. The van der Waals surface area contributed by atoms with E-state index in [4.69, 9.17) is 4.74 Å². The topological polar surface area (TPSA) is 61.7 Å². The van der Waals surface area contributed by atoms with Crippen molar-refractivity contribution < 1.29 is 14.9 Å². The van der Waals surface area contributed by atoms with Gasteiger partial charge >= 0.3 is 0 Å². The van der Waals surface area contributed by atoms with Crippen LogP contribution in [0, 0.1) is 5.92 Å². The highest BCUT2D eigenvalue weighted by molar-refractivity contribution is 5.41. The highest BCUT2D eigenvalue weighted by Crippen LogP contribution is 2.27. The monoisotopic (exact) mass is 265 g/mol. The second kappa shape index (κ2) is 6.78. The number of rotatable bonds is 5. The maximum absolute atomic E-state index is 9.55. The Bertz CT molecular complexity index is 408. The van der Waals surface area contributed by atoms with Gasteiger partial charge in [0.15, 0.2) is 11.5 Å². The van der Waals surface area contributed by atoms with Gasteiger partial charge in [0.25, 0.3) is 0 Å². The molecule has 1 saturated carbocycles. The molecule has 1 fully saturated rings. The van der Waals surface area contributed by atoms with Gasteiger partial charge in [-0.2, -0.15) is 0 Å². The van der Waals surface area contributed by atoms with Crippen molar-refractivity contribution in [3.63, 3.8) is 0 Å². The van der Waals surface area contributed by atoms with Crippen LogP contribution in [0.5, 0.6) is 11.5 Å². The van der Waals surface area contributed by atoms with Crippen LogP contribution in [0.3, 0.4) is 0 Å². The molecule has 0 radical (unpaired) electrons.